The van der Waals surface area contributed by atoms with E-state index in [1.165, 1.54) is 16.0 Å². The molecule has 2 amide bonds. The number of carbonyl (C=O) groups is 2. The first-order chi connectivity index (χ1) is 10.5. The third-order valence-electron chi connectivity index (χ3n) is 4.20. The predicted octanol–water partition coefficient (Wildman–Crippen LogP) is 3.64. The molecule has 1 fully saturated rings. The molecule has 0 aliphatic carbocycles. The molecular weight excluding hydrogens is 308 g/mol. The maximum absolute atomic E-state index is 12.3. The second-order valence-corrected chi connectivity index (χ2v) is 9.09. The number of carbonyl (C=O) groups excluding carboxylic acids is 2. The Morgan fingerprint density at radius 1 is 1.17 bits per heavy atom. The number of thioether (sulfide) groups is 1. The van der Waals surface area contributed by atoms with Gasteiger partial charge in [-0.2, -0.15) is 0 Å². The van der Waals surface area contributed by atoms with E-state index in [1.54, 1.807) is 13.8 Å². The average Bonchev–Trinajstić information content (AvgIpc) is 2.61. The lowest BCUT2D eigenvalue weighted by molar-refractivity contribution is -0.130. The number of nitrogens with zero attached hydrogens (tertiary/aromatic N) is 2. The summed E-state index contributed by atoms with van der Waals surface area (Å²) in [6.45, 7) is 11.1. The molecule has 0 aromatic heterocycles. The van der Waals surface area contributed by atoms with Crippen LogP contribution in [0.3, 0.4) is 0 Å². The molecule has 0 saturated carbocycles. The number of hydrogen-bond donors (Lipinski definition) is 0. The summed E-state index contributed by atoms with van der Waals surface area (Å²) in [5.74, 6) is -0.104. The van der Waals surface area contributed by atoms with E-state index in [0.717, 1.165) is 18.3 Å². The maximum atomic E-state index is 12.3. The molecule has 5 heteroatoms. The van der Waals surface area contributed by atoms with Gasteiger partial charge in [0.15, 0.2) is 0 Å². The van der Waals surface area contributed by atoms with Gasteiger partial charge < -0.3 is 0 Å². The molecule has 23 heavy (non-hydrogen) atoms. The summed E-state index contributed by atoms with van der Waals surface area (Å²) >= 11 is 1.11. The number of aryl methyl sites for hydroxylation is 1. The van der Waals surface area contributed by atoms with Crippen LogP contribution in [0, 0.1) is 6.92 Å². The van der Waals surface area contributed by atoms with Gasteiger partial charge in [-0.25, -0.2) is 0 Å². The second kappa shape index (κ2) is 6.29. The van der Waals surface area contributed by atoms with Crippen molar-refractivity contribution in [1.29, 1.82) is 0 Å². The van der Waals surface area contributed by atoms with Crippen LogP contribution < -0.4 is 0 Å². The molecule has 1 heterocycles. The lowest BCUT2D eigenvalue weighted by atomic mass is 9.84. The van der Waals surface area contributed by atoms with Gasteiger partial charge in [-0.3, -0.25) is 19.4 Å². The van der Waals surface area contributed by atoms with Gasteiger partial charge >= 0.3 is 0 Å². The molecule has 4 nitrogen and oxygen atoms in total. The van der Waals surface area contributed by atoms with Crippen LogP contribution in [0.1, 0.15) is 38.8 Å². The highest BCUT2D eigenvalue weighted by molar-refractivity contribution is 8.16. The van der Waals surface area contributed by atoms with E-state index in [2.05, 4.69) is 45.0 Å². The third kappa shape index (κ3) is 3.96. The molecule has 1 aromatic rings. The van der Waals surface area contributed by atoms with Crippen molar-refractivity contribution in [2.45, 2.75) is 44.8 Å². The van der Waals surface area contributed by atoms with Gasteiger partial charge in [0.2, 0.25) is 5.91 Å². The van der Waals surface area contributed by atoms with Crippen LogP contribution in [0.4, 0.5) is 4.79 Å². The van der Waals surface area contributed by atoms with Gasteiger partial charge in [-0.15, -0.1) is 0 Å². The van der Waals surface area contributed by atoms with E-state index < -0.39 is 4.75 Å². The topological polar surface area (TPSA) is 40.6 Å². The summed E-state index contributed by atoms with van der Waals surface area (Å²) in [5, 5.41) is -0.153. The minimum atomic E-state index is -0.648. The monoisotopic (exact) mass is 334 g/mol. The van der Waals surface area contributed by atoms with Gasteiger partial charge in [-0.05, 0) is 45.1 Å². The highest BCUT2D eigenvalue weighted by Gasteiger charge is 2.46. The molecule has 0 N–H and O–H groups in total. The van der Waals surface area contributed by atoms with Crippen molar-refractivity contribution in [3.63, 3.8) is 0 Å². The van der Waals surface area contributed by atoms with Crippen LogP contribution in [0.25, 0.3) is 0 Å². The van der Waals surface area contributed by atoms with Crippen LogP contribution in [0.5, 0.6) is 0 Å². The Balaban J connectivity index is 2.04. The van der Waals surface area contributed by atoms with Gasteiger partial charge in [0.05, 0.1) is 11.4 Å². The van der Waals surface area contributed by atoms with Gasteiger partial charge in [0, 0.05) is 12.0 Å². The third-order valence-corrected chi connectivity index (χ3v) is 5.28. The van der Waals surface area contributed by atoms with Crippen LogP contribution in [0.15, 0.2) is 24.3 Å². The Morgan fingerprint density at radius 2 is 1.74 bits per heavy atom. The van der Waals surface area contributed by atoms with Crippen LogP contribution in [0.2, 0.25) is 0 Å². The first kappa shape index (κ1) is 18.0. The van der Waals surface area contributed by atoms with Crippen molar-refractivity contribution >= 4 is 22.9 Å². The molecule has 0 spiro atoms. The van der Waals surface area contributed by atoms with Crippen molar-refractivity contribution in [1.82, 2.24) is 9.80 Å². The molecule has 126 valence electrons. The lowest BCUT2D eigenvalue weighted by Crippen LogP contribution is -2.45. The molecule has 1 saturated heterocycles. The first-order valence-electron chi connectivity index (χ1n) is 7.83. The largest absolute Gasteiger partial charge is 0.290 e. The molecule has 1 aliphatic rings. The molecule has 0 unspecified atom stereocenters. The molecule has 2 rings (SSSR count). The van der Waals surface area contributed by atoms with Crippen LogP contribution >= 0.6 is 11.8 Å². The second-order valence-electron chi connectivity index (χ2n) is 7.52. The Hall–Kier alpha value is -1.33. The molecule has 1 aromatic carbocycles. The number of rotatable bonds is 5. The standard InChI is InChI=1S/C18H26N2O2S/c1-13-7-9-14(10-8-13)17(2,3)11-19(6)12-20-15(21)18(4,5)23-16(20)22/h7-10H,11-12H2,1-6H3. The van der Waals surface area contributed by atoms with Crippen molar-refractivity contribution in [3.8, 4) is 0 Å². The number of likely N-dealkylation sites (N-methyl/N-ethyl adjacent to an activating group) is 1. The maximum Gasteiger partial charge on any atom is 0.290 e. The zero-order valence-electron chi connectivity index (χ0n) is 14.8. The fourth-order valence-corrected chi connectivity index (χ4v) is 3.79. The highest BCUT2D eigenvalue weighted by atomic mass is 32.2. The van der Waals surface area contributed by atoms with E-state index in [9.17, 15) is 9.59 Å². The summed E-state index contributed by atoms with van der Waals surface area (Å²) in [6.07, 6.45) is 0. The average molecular weight is 334 g/mol. The first-order valence-corrected chi connectivity index (χ1v) is 8.65. The SMILES string of the molecule is Cc1ccc(C(C)(C)CN(C)CN2C(=O)SC(C)(C)C2=O)cc1. The van der Waals surface area contributed by atoms with Crippen molar-refractivity contribution < 1.29 is 9.59 Å². The van der Waals surface area contributed by atoms with E-state index in [4.69, 9.17) is 0 Å². The fraction of sp³-hybridized carbons (Fsp3) is 0.556. The molecule has 0 radical (unpaired) electrons. The summed E-state index contributed by atoms with van der Waals surface area (Å²) in [4.78, 5) is 27.8. The Bertz CT molecular complexity index is 608. The highest BCUT2D eigenvalue weighted by Crippen LogP contribution is 2.36. The Kier molecular flexibility index (Phi) is 4.92. The number of imide groups is 1. The number of benzene rings is 1. The molecule has 0 bridgehead atoms. The van der Waals surface area contributed by atoms with Crippen molar-refractivity contribution in [3.05, 3.63) is 35.4 Å². The number of hydrogen-bond acceptors (Lipinski definition) is 4. The predicted molar refractivity (Wildman–Crippen MR) is 95.6 cm³/mol. The Morgan fingerprint density at radius 3 is 2.22 bits per heavy atom. The zero-order valence-corrected chi connectivity index (χ0v) is 15.7. The minimum Gasteiger partial charge on any atom is -0.288 e. The van der Waals surface area contributed by atoms with Crippen molar-refractivity contribution in [2.24, 2.45) is 0 Å². The van der Waals surface area contributed by atoms with Crippen molar-refractivity contribution in [2.75, 3.05) is 20.3 Å². The van der Waals surface area contributed by atoms with E-state index in [1.807, 2.05) is 11.9 Å². The van der Waals surface area contributed by atoms with E-state index >= 15 is 0 Å². The normalized spacial score (nSPS) is 18.1. The lowest BCUT2D eigenvalue weighted by Gasteiger charge is -2.32. The summed E-state index contributed by atoms with van der Waals surface area (Å²) in [7, 11) is 1.95. The van der Waals surface area contributed by atoms with E-state index in [0.29, 0.717) is 6.67 Å². The molecule has 0 atom stereocenters. The zero-order chi connectivity index (χ0) is 17.4. The van der Waals surface area contributed by atoms with Crippen LogP contribution in [-0.4, -0.2) is 46.0 Å². The molecule has 1 aliphatic heterocycles. The van der Waals surface area contributed by atoms with Gasteiger partial charge in [-0.1, -0.05) is 43.7 Å². The summed E-state index contributed by atoms with van der Waals surface area (Å²) in [5.41, 5.74) is 2.44. The summed E-state index contributed by atoms with van der Waals surface area (Å²) in [6, 6.07) is 8.52. The fourth-order valence-electron chi connectivity index (χ4n) is 2.91. The smallest absolute Gasteiger partial charge is 0.288 e. The quantitative estimate of drug-likeness (QED) is 0.824. The van der Waals surface area contributed by atoms with Gasteiger partial charge in [0.1, 0.15) is 0 Å². The minimum absolute atomic E-state index is 0.0586. The Labute approximate surface area is 143 Å². The van der Waals surface area contributed by atoms with Crippen LogP contribution in [-0.2, 0) is 10.2 Å². The van der Waals surface area contributed by atoms with Gasteiger partial charge in [0.25, 0.3) is 5.24 Å². The van der Waals surface area contributed by atoms with E-state index in [-0.39, 0.29) is 16.6 Å². The number of amides is 2. The molecular formula is C18H26N2O2S. The summed E-state index contributed by atoms with van der Waals surface area (Å²) < 4.78 is -0.648.